The molecule has 4 aromatic rings. The summed E-state index contributed by atoms with van der Waals surface area (Å²) in [7, 11) is -3.87. The molecule has 0 unspecified atom stereocenters. The third-order valence-electron chi connectivity index (χ3n) is 7.63. The number of ether oxygens (including phenoxy) is 2. The van der Waals surface area contributed by atoms with Crippen LogP contribution in [0.1, 0.15) is 17.2 Å². The second kappa shape index (κ2) is 14.9. The number of thioether (sulfide) groups is 1. The van der Waals surface area contributed by atoms with E-state index in [4.69, 9.17) is 48.8 Å². The zero-order chi connectivity index (χ0) is 34.6. The fraction of sp³-hybridized carbons (Fsp3) is 0.171. The van der Waals surface area contributed by atoms with Crippen LogP contribution in [-0.4, -0.2) is 50.4 Å². The molecule has 1 fully saturated rings. The van der Waals surface area contributed by atoms with Crippen LogP contribution in [0.5, 0.6) is 0 Å². The van der Waals surface area contributed by atoms with Crippen molar-refractivity contribution >= 4 is 82.5 Å². The molecule has 2 heterocycles. The highest BCUT2D eigenvalue weighted by molar-refractivity contribution is 8.00. The summed E-state index contributed by atoms with van der Waals surface area (Å²) in [4.78, 5) is 41.8. The average molecular weight is 758 g/mol. The predicted molar refractivity (Wildman–Crippen MR) is 190 cm³/mol. The number of nitrogens with zero attached hydrogens (tertiary/aromatic N) is 1. The summed E-state index contributed by atoms with van der Waals surface area (Å²) in [6.45, 7) is -0.546. The van der Waals surface area contributed by atoms with Crippen LogP contribution in [0, 0.1) is 0 Å². The fourth-order valence-electron chi connectivity index (χ4n) is 5.37. The highest BCUT2D eigenvalue weighted by Gasteiger charge is 2.56. The Bertz CT molecular complexity index is 1820. The Kier molecular flexibility index (Phi) is 10.6. The lowest BCUT2D eigenvalue weighted by atomic mass is 10.0. The van der Waals surface area contributed by atoms with Crippen LogP contribution in [0.15, 0.2) is 133 Å². The Labute approximate surface area is 301 Å². The second-order valence-electron chi connectivity index (χ2n) is 10.9. The molecule has 6 rings (SSSR count). The maximum absolute atomic E-state index is 14.9. The molecule has 49 heavy (non-hydrogen) atoms. The number of esters is 1. The quantitative estimate of drug-likeness (QED) is 0.0810. The van der Waals surface area contributed by atoms with Crippen LogP contribution in [0.3, 0.4) is 0 Å². The maximum Gasteiger partial charge on any atom is 0.408 e. The van der Waals surface area contributed by atoms with Crippen LogP contribution in [0.25, 0.3) is 0 Å². The van der Waals surface area contributed by atoms with Crippen LogP contribution in [0.2, 0.25) is 0 Å². The molecular formula is C35H28Cl3N2O7PS. The molecular weight excluding hydrogens is 730 g/mol. The third kappa shape index (κ3) is 7.79. The molecule has 4 aromatic carbocycles. The van der Waals surface area contributed by atoms with E-state index in [9.17, 15) is 18.9 Å². The van der Waals surface area contributed by atoms with Gasteiger partial charge in [0.15, 0.2) is 11.8 Å². The van der Waals surface area contributed by atoms with Gasteiger partial charge in [-0.25, -0.2) is 9.59 Å². The van der Waals surface area contributed by atoms with Crippen molar-refractivity contribution in [1.29, 1.82) is 0 Å². The Balaban J connectivity index is 1.39. The molecule has 0 saturated carbocycles. The van der Waals surface area contributed by atoms with E-state index in [0.717, 1.165) is 0 Å². The summed E-state index contributed by atoms with van der Waals surface area (Å²) >= 11 is 18.3. The largest absolute Gasteiger partial charge is 0.448 e. The Morgan fingerprint density at radius 3 is 1.82 bits per heavy atom. The van der Waals surface area contributed by atoms with Crippen LogP contribution in [0.4, 0.5) is 4.79 Å². The monoisotopic (exact) mass is 756 g/mol. The zero-order valence-electron chi connectivity index (χ0n) is 25.5. The first-order valence-corrected chi connectivity index (χ1v) is 18.8. The lowest BCUT2D eigenvalue weighted by Gasteiger charge is -2.49. The van der Waals surface area contributed by atoms with Gasteiger partial charge in [-0.15, -0.1) is 11.8 Å². The average Bonchev–Trinajstić information content (AvgIpc) is 3.12. The van der Waals surface area contributed by atoms with E-state index < -0.39 is 53.3 Å². The minimum absolute atomic E-state index is 0.00672. The van der Waals surface area contributed by atoms with E-state index in [-0.39, 0.29) is 17.2 Å². The molecule has 1 saturated heterocycles. The van der Waals surface area contributed by atoms with Gasteiger partial charge in [-0.3, -0.25) is 14.3 Å². The molecule has 0 aliphatic carbocycles. The first-order valence-electron chi connectivity index (χ1n) is 14.9. The Morgan fingerprint density at radius 1 is 0.837 bits per heavy atom. The smallest absolute Gasteiger partial charge is 0.408 e. The van der Waals surface area contributed by atoms with Gasteiger partial charge in [-0.2, -0.15) is 0 Å². The molecule has 0 aromatic heterocycles. The standard InChI is InChI=1S/C35H28Cl3N2O7PS/c36-35(37,38)22-45-34(43)39-28-31(41)40-29(33(42)46-30(23-13-5-1-6-14-23)24-15-7-2-8-16-24)27(21-49-32(28)40)47-48(44,25-17-9-3-10-18-25)26-19-11-4-12-20-26/h1-20,28,30,32H,21-22H2,(H,39,43)/t28-,32+/m1/s1. The van der Waals surface area contributed by atoms with Gasteiger partial charge in [0.25, 0.3) is 5.91 Å². The normalized spacial score (nSPS) is 17.6. The Morgan fingerprint density at radius 2 is 1.33 bits per heavy atom. The van der Waals surface area contributed by atoms with Gasteiger partial charge in [0.2, 0.25) is 3.79 Å². The van der Waals surface area contributed by atoms with Crippen LogP contribution >= 0.6 is 53.9 Å². The van der Waals surface area contributed by atoms with Gasteiger partial charge in [0, 0.05) is 0 Å². The van der Waals surface area contributed by atoms with Crippen LogP contribution < -0.4 is 15.9 Å². The number of fused-ring (bicyclic) bond motifs is 1. The minimum atomic E-state index is -3.87. The van der Waals surface area contributed by atoms with E-state index in [1.165, 1.54) is 16.7 Å². The van der Waals surface area contributed by atoms with E-state index in [2.05, 4.69) is 5.32 Å². The number of halogens is 3. The minimum Gasteiger partial charge on any atom is -0.448 e. The number of nitrogens with one attached hydrogen (secondary N) is 1. The molecule has 0 spiro atoms. The van der Waals surface area contributed by atoms with Crippen molar-refractivity contribution in [3.05, 3.63) is 144 Å². The number of alkyl halides is 3. The summed E-state index contributed by atoms with van der Waals surface area (Å²) in [5.41, 5.74) is 1.17. The van der Waals surface area contributed by atoms with Crippen LogP contribution in [-0.2, 0) is 28.2 Å². The molecule has 2 aliphatic rings. The molecule has 14 heteroatoms. The highest BCUT2D eigenvalue weighted by Crippen LogP contribution is 2.51. The molecule has 2 atom stereocenters. The highest BCUT2D eigenvalue weighted by atomic mass is 35.6. The summed E-state index contributed by atoms with van der Waals surface area (Å²) in [6, 6.07) is 34.5. The van der Waals surface area contributed by atoms with Gasteiger partial charge < -0.3 is 19.3 Å². The van der Waals surface area contributed by atoms with Crippen molar-refractivity contribution in [2.45, 2.75) is 21.3 Å². The summed E-state index contributed by atoms with van der Waals surface area (Å²) in [5.74, 6) is -1.50. The number of alkyl carbamates (subject to hydrolysis) is 1. The fourth-order valence-corrected chi connectivity index (χ4v) is 8.98. The first kappa shape index (κ1) is 34.9. The first-order chi connectivity index (χ1) is 23.5. The molecule has 9 nitrogen and oxygen atoms in total. The number of carbonyl (C=O) groups is 3. The van der Waals surface area contributed by atoms with Crippen molar-refractivity contribution in [3.8, 4) is 0 Å². The topological polar surface area (TPSA) is 111 Å². The van der Waals surface area contributed by atoms with Crippen molar-refractivity contribution in [2.75, 3.05) is 12.4 Å². The van der Waals surface area contributed by atoms with Crippen molar-refractivity contribution < 1.29 is 32.9 Å². The lowest BCUT2D eigenvalue weighted by molar-refractivity contribution is -0.154. The molecule has 0 bridgehead atoms. The number of benzene rings is 4. The summed E-state index contributed by atoms with van der Waals surface area (Å²) in [5, 5.41) is 2.53. The summed E-state index contributed by atoms with van der Waals surface area (Å²) in [6.07, 6.45) is -1.83. The number of rotatable bonds is 10. The van der Waals surface area contributed by atoms with Crippen molar-refractivity contribution in [3.63, 3.8) is 0 Å². The number of hydrogen-bond acceptors (Lipinski definition) is 8. The SMILES string of the molecule is O=C(N[C@@H]1C(=O)N2C(C(=O)OC(c3ccccc3)c3ccccc3)=C(OP(=O)(c3ccccc3)c3ccccc3)CS[C@@H]12)OCC(Cl)(Cl)Cl. The number of carbonyl (C=O) groups excluding carboxylic acids is 3. The number of amides is 2. The number of hydrogen-bond donors (Lipinski definition) is 1. The van der Waals surface area contributed by atoms with Gasteiger partial charge in [-0.05, 0) is 35.4 Å². The maximum atomic E-state index is 14.9. The van der Waals surface area contributed by atoms with Gasteiger partial charge in [0.05, 0.1) is 16.4 Å². The molecule has 1 N–H and O–H groups in total. The van der Waals surface area contributed by atoms with E-state index >= 15 is 0 Å². The van der Waals surface area contributed by atoms with Gasteiger partial charge >= 0.3 is 19.4 Å². The van der Waals surface area contributed by atoms with Gasteiger partial charge in [0.1, 0.15) is 23.8 Å². The third-order valence-corrected chi connectivity index (χ3v) is 11.6. The lowest BCUT2D eigenvalue weighted by Crippen LogP contribution is -2.70. The van der Waals surface area contributed by atoms with E-state index in [1.807, 2.05) is 60.7 Å². The van der Waals surface area contributed by atoms with Crippen molar-refractivity contribution in [2.24, 2.45) is 0 Å². The Hall–Kier alpha value is -3.92. The van der Waals surface area contributed by atoms with E-state index in [0.29, 0.717) is 21.7 Å². The zero-order valence-corrected chi connectivity index (χ0v) is 29.5. The molecule has 2 amide bonds. The molecule has 252 valence electrons. The van der Waals surface area contributed by atoms with E-state index in [1.54, 1.807) is 60.7 Å². The van der Waals surface area contributed by atoms with Crippen molar-refractivity contribution in [1.82, 2.24) is 10.2 Å². The molecule has 2 aliphatic heterocycles. The van der Waals surface area contributed by atoms with Gasteiger partial charge in [-0.1, -0.05) is 132 Å². The number of β-lactam (4-membered cyclic amide) rings is 1. The summed E-state index contributed by atoms with van der Waals surface area (Å²) < 4.78 is 30.7. The predicted octanol–water partition coefficient (Wildman–Crippen LogP) is 6.86. The second-order valence-corrected chi connectivity index (χ2v) is 16.9. The molecule has 0 radical (unpaired) electrons.